The number of likely N-dealkylation sites (tertiary alicyclic amines) is 1. The summed E-state index contributed by atoms with van der Waals surface area (Å²) in [6.07, 6.45) is 1.45. The van der Waals surface area contributed by atoms with Gasteiger partial charge in [0.25, 0.3) is 0 Å². The molecule has 20 heavy (non-hydrogen) atoms. The van der Waals surface area contributed by atoms with Crippen LogP contribution in [0.25, 0.3) is 0 Å². The molecule has 0 saturated carbocycles. The van der Waals surface area contributed by atoms with Crippen molar-refractivity contribution in [3.05, 3.63) is 0 Å². The van der Waals surface area contributed by atoms with Crippen LogP contribution in [-0.4, -0.2) is 70.5 Å². The van der Waals surface area contributed by atoms with Gasteiger partial charge in [-0.1, -0.05) is 6.92 Å². The fraction of sp³-hybridized carbons (Fsp3) is 0.846. The van der Waals surface area contributed by atoms with Gasteiger partial charge in [0.15, 0.2) is 0 Å². The Morgan fingerprint density at radius 1 is 1.25 bits per heavy atom. The highest BCUT2D eigenvalue weighted by molar-refractivity contribution is 5.79. The minimum atomic E-state index is -0.838. The summed E-state index contributed by atoms with van der Waals surface area (Å²) in [4.78, 5) is 24.5. The number of hydrogen-bond acceptors (Lipinski definition) is 5. The Hall–Kier alpha value is -1.18. The third-order valence-corrected chi connectivity index (χ3v) is 4.09. The summed E-state index contributed by atoms with van der Waals surface area (Å²) in [7, 11) is 0. The highest BCUT2D eigenvalue weighted by Crippen LogP contribution is 2.17. The fourth-order valence-corrected chi connectivity index (χ4v) is 2.26. The molecule has 116 valence electrons. The van der Waals surface area contributed by atoms with Gasteiger partial charge in [0.05, 0.1) is 31.2 Å². The van der Waals surface area contributed by atoms with Crippen molar-refractivity contribution in [2.75, 3.05) is 32.8 Å². The van der Waals surface area contributed by atoms with Crippen molar-refractivity contribution in [2.24, 2.45) is 5.92 Å². The molecule has 1 rings (SSSR count). The van der Waals surface area contributed by atoms with Crippen molar-refractivity contribution in [3.63, 3.8) is 0 Å². The van der Waals surface area contributed by atoms with Crippen molar-refractivity contribution < 1.29 is 24.9 Å². The van der Waals surface area contributed by atoms with Crippen molar-refractivity contribution in [2.45, 2.75) is 31.7 Å². The number of carbonyl (C=O) groups excluding carboxylic acids is 1. The second kappa shape index (κ2) is 7.56. The molecule has 4 N–H and O–H groups in total. The number of rotatable bonds is 7. The van der Waals surface area contributed by atoms with Crippen LogP contribution in [0.3, 0.4) is 0 Å². The topological polar surface area (TPSA) is 110 Å². The Morgan fingerprint density at radius 2 is 1.80 bits per heavy atom. The molecule has 0 aromatic carbocycles. The molecule has 1 heterocycles. The minimum absolute atomic E-state index is 0.0344. The normalized spacial score (nSPS) is 17.2. The number of carboxylic acid groups (broad SMARTS) is 1. The number of aliphatic carboxylic acids is 1. The van der Waals surface area contributed by atoms with Crippen LogP contribution in [0, 0.1) is 5.92 Å². The minimum Gasteiger partial charge on any atom is -0.481 e. The van der Waals surface area contributed by atoms with E-state index in [-0.39, 0.29) is 31.6 Å². The number of aliphatic hydroxyl groups excluding tert-OH is 2. The summed E-state index contributed by atoms with van der Waals surface area (Å²) < 4.78 is 0. The maximum Gasteiger partial charge on any atom is 0.306 e. The molecule has 1 saturated heterocycles. The first-order chi connectivity index (χ1) is 9.48. The third kappa shape index (κ3) is 4.16. The number of carboxylic acids is 1. The highest BCUT2D eigenvalue weighted by Gasteiger charge is 2.30. The van der Waals surface area contributed by atoms with E-state index in [1.54, 1.807) is 4.90 Å². The van der Waals surface area contributed by atoms with Crippen molar-refractivity contribution in [3.8, 4) is 0 Å². The Morgan fingerprint density at radius 3 is 2.20 bits per heavy atom. The molecular weight excluding hydrogens is 264 g/mol. The number of amides is 1. The maximum atomic E-state index is 12.0. The molecule has 0 atom stereocenters. The monoisotopic (exact) mass is 288 g/mol. The van der Waals surface area contributed by atoms with Gasteiger partial charge >= 0.3 is 5.97 Å². The molecule has 0 radical (unpaired) electrons. The van der Waals surface area contributed by atoms with Crippen LogP contribution in [0.1, 0.15) is 26.2 Å². The SMILES string of the molecule is CCC(CO)(CO)NCC(=O)N1CCC(C(=O)O)CC1. The van der Waals surface area contributed by atoms with Gasteiger partial charge in [0, 0.05) is 13.1 Å². The van der Waals surface area contributed by atoms with Crippen LogP contribution >= 0.6 is 0 Å². The highest BCUT2D eigenvalue weighted by atomic mass is 16.4. The molecule has 0 bridgehead atoms. The van der Waals surface area contributed by atoms with Crippen molar-refractivity contribution in [1.29, 1.82) is 0 Å². The Bertz CT molecular complexity index is 327. The first kappa shape index (κ1) is 16.9. The van der Waals surface area contributed by atoms with Crippen molar-refractivity contribution in [1.82, 2.24) is 10.2 Å². The molecule has 0 aromatic heterocycles. The Kier molecular flexibility index (Phi) is 6.38. The number of aliphatic hydroxyl groups is 2. The molecule has 0 aromatic rings. The van der Waals surface area contributed by atoms with E-state index in [0.717, 1.165) is 0 Å². The molecule has 0 aliphatic carbocycles. The van der Waals surface area contributed by atoms with Gasteiger partial charge in [-0.3, -0.25) is 14.9 Å². The van der Waals surface area contributed by atoms with Crippen LogP contribution in [0.4, 0.5) is 0 Å². The van der Waals surface area contributed by atoms with E-state index < -0.39 is 11.5 Å². The Labute approximate surface area is 118 Å². The number of carbonyl (C=O) groups is 2. The molecule has 1 aliphatic heterocycles. The molecule has 0 spiro atoms. The predicted octanol–water partition coefficient (Wildman–Crippen LogP) is -0.967. The average Bonchev–Trinajstić information content (AvgIpc) is 2.49. The van der Waals surface area contributed by atoms with Crippen LogP contribution in [-0.2, 0) is 9.59 Å². The van der Waals surface area contributed by atoms with Gasteiger partial charge in [0.2, 0.25) is 5.91 Å². The standard InChI is InChI=1S/C13H24N2O5/c1-2-13(8-16,9-17)14-7-11(18)15-5-3-10(4-6-15)12(19)20/h10,14,16-17H,2-9H2,1H3,(H,19,20). The van der Waals surface area contributed by atoms with Crippen LogP contribution in [0.15, 0.2) is 0 Å². The molecule has 7 nitrogen and oxygen atoms in total. The van der Waals surface area contributed by atoms with Crippen LogP contribution in [0.5, 0.6) is 0 Å². The molecule has 1 aliphatic rings. The van der Waals surface area contributed by atoms with Crippen LogP contribution in [0.2, 0.25) is 0 Å². The molecule has 0 unspecified atom stereocenters. The van der Waals surface area contributed by atoms with E-state index >= 15 is 0 Å². The number of hydrogen-bond donors (Lipinski definition) is 4. The van der Waals surface area contributed by atoms with Crippen molar-refractivity contribution >= 4 is 11.9 Å². The first-order valence-corrected chi connectivity index (χ1v) is 6.95. The summed E-state index contributed by atoms with van der Waals surface area (Å²) in [6.45, 7) is 2.25. The quantitative estimate of drug-likeness (QED) is 0.480. The lowest BCUT2D eigenvalue weighted by atomic mass is 9.96. The second-order valence-corrected chi connectivity index (χ2v) is 5.30. The zero-order valence-corrected chi connectivity index (χ0v) is 11.8. The van der Waals surface area contributed by atoms with Gasteiger partial charge in [-0.15, -0.1) is 0 Å². The molecule has 7 heteroatoms. The van der Waals surface area contributed by atoms with Gasteiger partial charge < -0.3 is 20.2 Å². The van der Waals surface area contributed by atoms with E-state index in [1.165, 1.54) is 0 Å². The summed E-state index contributed by atoms with van der Waals surface area (Å²) in [5.41, 5.74) is -0.838. The average molecular weight is 288 g/mol. The van der Waals surface area contributed by atoms with E-state index in [2.05, 4.69) is 5.32 Å². The van der Waals surface area contributed by atoms with Crippen LogP contribution < -0.4 is 5.32 Å². The third-order valence-electron chi connectivity index (χ3n) is 4.09. The number of nitrogens with one attached hydrogen (secondary N) is 1. The van der Waals surface area contributed by atoms with E-state index in [4.69, 9.17) is 5.11 Å². The first-order valence-electron chi connectivity index (χ1n) is 6.95. The molecule has 1 amide bonds. The van der Waals surface area contributed by atoms with E-state index in [9.17, 15) is 19.8 Å². The zero-order chi connectivity index (χ0) is 15.2. The summed E-state index contributed by atoms with van der Waals surface area (Å²) in [5.74, 6) is -1.30. The largest absolute Gasteiger partial charge is 0.481 e. The second-order valence-electron chi connectivity index (χ2n) is 5.30. The summed E-state index contributed by atoms with van der Waals surface area (Å²) in [6, 6.07) is 0. The fourth-order valence-electron chi connectivity index (χ4n) is 2.26. The van der Waals surface area contributed by atoms with Gasteiger partial charge in [-0.2, -0.15) is 0 Å². The summed E-state index contributed by atoms with van der Waals surface area (Å²) in [5, 5.41) is 30.4. The molecule has 1 fully saturated rings. The molecular formula is C13H24N2O5. The Balaban J connectivity index is 2.42. The van der Waals surface area contributed by atoms with E-state index in [0.29, 0.717) is 32.4 Å². The predicted molar refractivity (Wildman–Crippen MR) is 72.1 cm³/mol. The van der Waals surface area contributed by atoms with Gasteiger partial charge in [0.1, 0.15) is 0 Å². The van der Waals surface area contributed by atoms with E-state index in [1.807, 2.05) is 6.92 Å². The summed E-state index contributed by atoms with van der Waals surface area (Å²) >= 11 is 0. The smallest absolute Gasteiger partial charge is 0.306 e. The maximum absolute atomic E-state index is 12.0. The van der Waals surface area contributed by atoms with Gasteiger partial charge in [-0.25, -0.2) is 0 Å². The van der Waals surface area contributed by atoms with Gasteiger partial charge in [-0.05, 0) is 19.3 Å². The lowest BCUT2D eigenvalue weighted by molar-refractivity contribution is -0.145. The number of nitrogens with zero attached hydrogens (tertiary/aromatic N) is 1. The lowest BCUT2D eigenvalue weighted by Crippen LogP contribution is -2.55. The lowest BCUT2D eigenvalue weighted by Gasteiger charge is -2.33. The zero-order valence-electron chi connectivity index (χ0n) is 11.8. The number of piperidine rings is 1.